The first kappa shape index (κ1) is 14.2. The molecule has 3 rings (SSSR count). The van der Waals surface area contributed by atoms with Crippen molar-refractivity contribution >= 4 is 33.0 Å². The first-order chi connectivity index (χ1) is 9.95. The van der Waals surface area contributed by atoms with E-state index >= 15 is 0 Å². The van der Waals surface area contributed by atoms with Crippen LogP contribution in [0, 0.1) is 5.82 Å². The van der Waals surface area contributed by atoms with E-state index in [9.17, 15) is 12.8 Å². The summed E-state index contributed by atoms with van der Waals surface area (Å²) in [4.78, 5) is 0.149. The minimum atomic E-state index is -3.74. The SMILES string of the molecule is O=S(=O)(Nc1ccc(F)c(Cl)c1)c1ccc2c(c1)NCC2. The number of nitrogens with one attached hydrogen (secondary N) is 2. The van der Waals surface area contributed by atoms with Gasteiger partial charge in [-0.1, -0.05) is 17.7 Å². The standard InChI is InChI=1S/C14H12ClFN2O2S/c15-12-7-10(2-4-13(12)16)18-21(19,20)11-3-1-9-5-6-17-14(9)8-11/h1-4,7-8,17-18H,5-6H2. The van der Waals surface area contributed by atoms with Gasteiger partial charge in [-0.3, -0.25) is 4.72 Å². The minimum absolute atomic E-state index is 0.133. The highest BCUT2D eigenvalue weighted by Gasteiger charge is 2.18. The fourth-order valence-electron chi connectivity index (χ4n) is 2.21. The molecule has 2 N–H and O–H groups in total. The van der Waals surface area contributed by atoms with Gasteiger partial charge in [0.05, 0.1) is 15.6 Å². The van der Waals surface area contributed by atoms with E-state index < -0.39 is 15.8 Å². The number of benzene rings is 2. The van der Waals surface area contributed by atoms with E-state index in [1.54, 1.807) is 18.2 Å². The van der Waals surface area contributed by atoms with Crippen LogP contribution in [0.2, 0.25) is 5.02 Å². The van der Waals surface area contributed by atoms with Gasteiger partial charge in [-0.15, -0.1) is 0 Å². The topological polar surface area (TPSA) is 58.2 Å². The maximum absolute atomic E-state index is 13.1. The number of hydrogen-bond acceptors (Lipinski definition) is 3. The Kier molecular flexibility index (Phi) is 3.51. The van der Waals surface area contributed by atoms with Crippen LogP contribution in [0.3, 0.4) is 0 Å². The van der Waals surface area contributed by atoms with Crippen LogP contribution in [0.1, 0.15) is 5.56 Å². The summed E-state index contributed by atoms with van der Waals surface area (Å²) in [5.41, 5.74) is 2.14. The van der Waals surface area contributed by atoms with Crippen LogP contribution in [-0.2, 0) is 16.4 Å². The second-order valence-corrected chi connectivity index (χ2v) is 6.82. The Labute approximate surface area is 127 Å². The lowest BCUT2D eigenvalue weighted by atomic mass is 10.2. The molecule has 0 spiro atoms. The van der Waals surface area contributed by atoms with Gasteiger partial charge in [0.2, 0.25) is 0 Å². The van der Waals surface area contributed by atoms with Crippen molar-refractivity contribution in [1.82, 2.24) is 0 Å². The lowest BCUT2D eigenvalue weighted by Gasteiger charge is -2.10. The lowest BCUT2D eigenvalue weighted by molar-refractivity contribution is 0.601. The molecular formula is C14H12ClFN2O2S. The van der Waals surface area contributed by atoms with E-state index in [1.165, 1.54) is 12.1 Å². The van der Waals surface area contributed by atoms with Crippen LogP contribution < -0.4 is 10.0 Å². The molecule has 0 unspecified atom stereocenters. The smallest absolute Gasteiger partial charge is 0.261 e. The van der Waals surface area contributed by atoms with Gasteiger partial charge >= 0.3 is 0 Å². The zero-order valence-electron chi connectivity index (χ0n) is 10.9. The van der Waals surface area contributed by atoms with Gasteiger partial charge in [-0.2, -0.15) is 0 Å². The predicted molar refractivity (Wildman–Crippen MR) is 80.9 cm³/mol. The van der Waals surface area contributed by atoms with Gasteiger partial charge < -0.3 is 5.32 Å². The zero-order chi connectivity index (χ0) is 15.0. The average Bonchev–Trinajstić information content (AvgIpc) is 2.90. The molecule has 1 aliphatic rings. The van der Waals surface area contributed by atoms with Crippen LogP contribution in [0.25, 0.3) is 0 Å². The number of sulfonamides is 1. The number of fused-ring (bicyclic) bond motifs is 1. The number of anilines is 2. The summed E-state index contributed by atoms with van der Waals surface area (Å²) in [6.45, 7) is 0.805. The van der Waals surface area contributed by atoms with Crippen molar-refractivity contribution in [1.29, 1.82) is 0 Å². The highest BCUT2D eigenvalue weighted by Crippen LogP contribution is 2.27. The Morgan fingerprint density at radius 2 is 2.00 bits per heavy atom. The molecular weight excluding hydrogens is 315 g/mol. The molecule has 0 fully saturated rings. The Morgan fingerprint density at radius 1 is 1.19 bits per heavy atom. The summed E-state index contributed by atoms with van der Waals surface area (Å²) in [5.74, 6) is -0.596. The van der Waals surface area contributed by atoms with Crippen molar-refractivity contribution in [3.05, 3.63) is 52.8 Å². The molecule has 0 saturated heterocycles. The maximum atomic E-state index is 13.1. The van der Waals surface area contributed by atoms with Crippen molar-refractivity contribution in [2.45, 2.75) is 11.3 Å². The summed E-state index contributed by atoms with van der Waals surface area (Å²) < 4.78 is 40.1. The molecule has 0 atom stereocenters. The van der Waals surface area contributed by atoms with Gasteiger partial charge in [-0.05, 0) is 42.3 Å². The number of rotatable bonds is 3. The predicted octanol–water partition coefficient (Wildman–Crippen LogP) is 3.25. The molecule has 0 aliphatic carbocycles. The Hall–Kier alpha value is -1.79. The third kappa shape index (κ3) is 2.82. The summed E-state index contributed by atoms with van der Waals surface area (Å²) in [5, 5.41) is 3.00. The molecule has 4 nitrogen and oxygen atoms in total. The highest BCUT2D eigenvalue weighted by atomic mass is 35.5. The van der Waals surface area contributed by atoms with E-state index in [4.69, 9.17) is 11.6 Å². The summed E-state index contributed by atoms with van der Waals surface area (Å²) >= 11 is 5.65. The molecule has 2 aromatic carbocycles. The summed E-state index contributed by atoms with van der Waals surface area (Å²) in [6.07, 6.45) is 0.886. The second kappa shape index (κ2) is 5.20. The van der Waals surface area contributed by atoms with Crippen LogP contribution in [0.4, 0.5) is 15.8 Å². The molecule has 0 radical (unpaired) electrons. The zero-order valence-corrected chi connectivity index (χ0v) is 12.4. The van der Waals surface area contributed by atoms with Gasteiger partial charge in [-0.25, -0.2) is 12.8 Å². The quantitative estimate of drug-likeness (QED) is 0.910. The van der Waals surface area contributed by atoms with Gasteiger partial charge in [0.25, 0.3) is 10.0 Å². The molecule has 1 heterocycles. The molecule has 2 aromatic rings. The first-order valence-electron chi connectivity index (χ1n) is 6.30. The highest BCUT2D eigenvalue weighted by molar-refractivity contribution is 7.92. The summed E-state index contributed by atoms with van der Waals surface area (Å²) in [7, 11) is -3.74. The maximum Gasteiger partial charge on any atom is 0.261 e. The monoisotopic (exact) mass is 326 g/mol. The lowest BCUT2D eigenvalue weighted by Crippen LogP contribution is -2.13. The van der Waals surface area contributed by atoms with Gasteiger partial charge in [0.15, 0.2) is 0 Å². The van der Waals surface area contributed by atoms with Crippen molar-refractivity contribution < 1.29 is 12.8 Å². The van der Waals surface area contributed by atoms with E-state index in [0.29, 0.717) is 0 Å². The van der Waals surface area contributed by atoms with Crippen LogP contribution >= 0.6 is 11.6 Å². The average molecular weight is 327 g/mol. The Morgan fingerprint density at radius 3 is 2.76 bits per heavy atom. The molecule has 1 aliphatic heterocycles. The molecule has 7 heteroatoms. The second-order valence-electron chi connectivity index (χ2n) is 4.73. The summed E-state index contributed by atoms with van der Waals surface area (Å²) in [6, 6.07) is 8.62. The van der Waals surface area contributed by atoms with E-state index in [-0.39, 0.29) is 15.6 Å². The number of hydrogen-bond donors (Lipinski definition) is 2. The van der Waals surface area contributed by atoms with E-state index in [1.807, 2.05) is 0 Å². The fraction of sp³-hybridized carbons (Fsp3) is 0.143. The van der Waals surface area contributed by atoms with Crippen molar-refractivity contribution in [3.8, 4) is 0 Å². The van der Waals surface area contributed by atoms with Crippen LogP contribution in [0.5, 0.6) is 0 Å². The fourth-order valence-corrected chi connectivity index (χ4v) is 3.47. The molecule has 0 aromatic heterocycles. The largest absolute Gasteiger partial charge is 0.384 e. The normalized spacial score (nSPS) is 13.6. The van der Waals surface area contributed by atoms with E-state index in [2.05, 4.69) is 10.0 Å². The number of halogens is 2. The minimum Gasteiger partial charge on any atom is -0.384 e. The van der Waals surface area contributed by atoms with Crippen LogP contribution in [0.15, 0.2) is 41.3 Å². The Balaban J connectivity index is 1.91. The van der Waals surface area contributed by atoms with Gasteiger partial charge in [0, 0.05) is 12.2 Å². The Bertz CT molecular complexity index is 809. The molecule has 0 bridgehead atoms. The molecule has 0 amide bonds. The van der Waals surface area contributed by atoms with Crippen molar-refractivity contribution in [2.75, 3.05) is 16.6 Å². The van der Waals surface area contributed by atoms with E-state index in [0.717, 1.165) is 30.3 Å². The van der Waals surface area contributed by atoms with Crippen LogP contribution in [-0.4, -0.2) is 15.0 Å². The molecule has 21 heavy (non-hydrogen) atoms. The van der Waals surface area contributed by atoms with Crippen molar-refractivity contribution in [2.24, 2.45) is 0 Å². The van der Waals surface area contributed by atoms with Gasteiger partial charge in [0.1, 0.15) is 5.82 Å². The first-order valence-corrected chi connectivity index (χ1v) is 8.16. The third-order valence-corrected chi connectivity index (χ3v) is 4.94. The third-order valence-electron chi connectivity index (χ3n) is 3.27. The molecule has 110 valence electrons. The molecule has 0 saturated carbocycles. The van der Waals surface area contributed by atoms with Crippen molar-refractivity contribution in [3.63, 3.8) is 0 Å².